The molecular weight excluding hydrogens is 248 g/mol. The Bertz CT molecular complexity index is 691. The number of fused-ring (bicyclic) bond motifs is 1. The molecule has 1 N–H and O–H groups in total. The molecule has 0 saturated carbocycles. The van der Waals surface area contributed by atoms with Gasteiger partial charge in [0.1, 0.15) is 5.65 Å². The van der Waals surface area contributed by atoms with Crippen LogP contribution in [0.15, 0.2) is 24.4 Å². The van der Waals surface area contributed by atoms with Gasteiger partial charge < -0.3 is 0 Å². The molecule has 0 bridgehead atoms. The van der Waals surface area contributed by atoms with E-state index in [0.29, 0.717) is 17.2 Å². The maximum Gasteiger partial charge on any atom is 0.329 e. The van der Waals surface area contributed by atoms with Crippen LogP contribution in [0.2, 0.25) is 0 Å². The van der Waals surface area contributed by atoms with Crippen LogP contribution in [0, 0.1) is 0 Å². The van der Waals surface area contributed by atoms with Crippen LogP contribution in [0.25, 0.3) is 5.65 Å². The van der Waals surface area contributed by atoms with Gasteiger partial charge in [0.05, 0.1) is 11.9 Å². The Labute approximate surface area is 107 Å². The van der Waals surface area contributed by atoms with Gasteiger partial charge in [0, 0.05) is 13.0 Å². The maximum atomic E-state index is 11.7. The van der Waals surface area contributed by atoms with E-state index < -0.39 is 6.03 Å². The van der Waals surface area contributed by atoms with E-state index in [4.69, 9.17) is 0 Å². The van der Waals surface area contributed by atoms with Gasteiger partial charge in [-0.1, -0.05) is 6.07 Å². The Balaban J connectivity index is 2.04. The minimum Gasteiger partial charge on any atom is -0.296 e. The Hall–Kier alpha value is -2.70. The van der Waals surface area contributed by atoms with E-state index in [-0.39, 0.29) is 18.9 Å². The summed E-state index contributed by atoms with van der Waals surface area (Å²) in [5.41, 5.74) is 1.02. The summed E-state index contributed by atoms with van der Waals surface area (Å²) in [6.07, 6.45) is 2.56. The first-order chi connectivity index (χ1) is 9.19. The van der Waals surface area contributed by atoms with E-state index >= 15 is 0 Å². The third-order valence-corrected chi connectivity index (χ3v) is 2.96. The fourth-order valence-electron chi connectivity index (χ4n) is 2.03. The van der Waals surface area contributed by atoms with Gasteiger partial charge in [0.2, 0.25) is 5.91 Å². The number of aromatic nitrogens is 2. The topological polar surface area (TPSA) is 83.8 Å². The number of anilines is 1. The molecule has 3 heterocycles. The molecule has 0 aromatic carbocycles. The molecule has 3 amide bonds. The minimum atomic E-state index is -0.493. The molecule has 1 aliphatic heterocycles. The van der Waals surface area contributed by atoms with Crippen molar-refractivity contribution in [3.8, 4) is 0 Å². The van der Waals surface area contributed by atoms with E-state index in [2.05, 4.69) is 10.3 Å². The largest absolute Gasteiger partial charge is 0.329 e. The van der Waals surface area contributed by atoms with Gasteiger partial charge in [-0.05, 0) is 12.1 Å². The zero-order valence-electron chi connectivity index (χ0n) is 9.87. The van der Waals surface area contributed by atoms with Crippen LogP contribution in [-0.2, 0) is 4.79 Å². The fourth-order valence-corrected chi connectivity index (χ4v) is 2.03. The summed E-state index contributed by atoms with van der Waals surface area (Å²) in [5.74, 6) is 0.123. The Morgan fingerprint density at radius 1 is 1.32 bits per heavy atom. The monoisotopic (exact) mass is 258 g/mol. The van der Waals surface area contributed by atoms with Crippen molar-refractivity contribution in [2.24, 2.45) is 0 Å². The number of pyridine rings is 1. The highest BCUT2D eigenvalue weighted by Gasteiger charge is 2.26. The average molecular weight is 258 g/mol. The number of rotatable bonds is 2. The number of urea groups is 1. The van der Waals surface area contributed by atoms with E-state index in [0.717, 1.165) is 6.29 Å². The summed E-state index contributed by atoms with van der Waals surface area (Å²) in [6.45, 7) is 0.283. The average Bonchev–Trinajstić information content (AvgIpc) is 2.81. The van der Waals surface area contributed by atoms with Gasteiger partial charge in [-0.2, -0.15) is 0 Å². The first-order valence-corrected chi connectivity index (χ1v) is 5.73. The number of nitrogens with one attached hydrogen (secondary N) is 1. The molecule has 0 aliphatic carbocycles. The Kier molecular flexibility index (Phi) is 2.52. The zero-order chi connectivity index (χ0) is 13.4. The normalized spacial score (nSPS) is 15.7. The smallest absolute Gasteiger partial charge is 0.296 e. The van der Waals surface area contributed by atoms with Crippen LogP contribution in [0.5, 0.6) is 0 Å². The molecule has 2 aromatic heterocycles. The summed E-state index contributed by atoms with van der Waals surface area (Å²) in [5, 5.41) is 2.23. The van der Waals surface area contributed by atoms with Crippen molar-refractivity contribution < 1.29 is 14.4 Å². The van der Waals surface area contributed by atoms with Crippen molar-refractivity contribution in [1.82, 2.24) is 14.7 Å². The number of hydrogen-bond acceptors (Lipinski definition) is 4. The molecule has 7 nitrogen and oxygen atoms in total. The highest BCUT2D eigenvalue weighted by Crippen LogP contribution is 2.18. The molecule has 1 aliphatic rings. The van der Waals surface area contributed by atoms with E-state index in [1.807, 2.05) is 0 Å². The number of carbonyl (C=O) groups is 3. The molecule has 7 heteroatoms. The van der Waals surface area contributed by atoms with Gasteiger partial charge in [0.25, 0.3) is 0 Å². The van der Waals surface area contributed by atoms with Crippen molar-refractivity contribution in [2.45, 2.75) is 6.42 Å². The third-order valence-electron chi connectivity index (χ3n) is 2.96. The van der Waals surface area contributed by atoms with Crippen LogP contribution in [-0.4, -0.2) is 34.2 Å². The van der Waals surface area contributed by atoms with Crippen molar-refractivity contribution in [2.75, 3.05) is 11.4 Å². The number of imide groups is 1. The lowest BCUT2D eigenvalue weighted by Crippen LogP contribution is -2.49. The van der Waals surface area contributed by atoms with E-state index in [9.17, 15) is 14.4 Å². The second-order valence-electron chi connectivity index (χ2n) is 4.15. The summed E-state index contributed by atoms with van der Waals surface area (Å²) >= 11 is 0. The number of nitrogens with zero attached hydrogens (tertiary/aromatic N) is 3. The van der Waals surface area contributed by atoms with Crippen LogP contribution in [0.3, 0.4) is 0 Å². The molecule has 19 heavy (non-hydrogen) atoms. The highest BCUT2D eigenvalue weighted by molar-refractivity contribution is 6.05. The van der Waals surface area contributed by atoms with Crippen LogP contribution in [0.1, 0.15) is 16.9 Å². The lowest BCUT2D eigenvalue weighted by atomic mass is 10.3. The van der Waals surface area contributed by atoms with Gasteiger partial charge in [0.15, 0.2) is 12.1 Å². The molecule has 0 unspecified atom stereocenters. The SMILES string of the molecule is O=Cc1cccc2nc(N3CCC(=O)NC3=O)cn12. The highest BCUT2D eigenvalue weighted by atomic mass is 16.2. The molecule has 0 atom stereocenters. The van der Waals surface area contributed by atoms with Crippen molar-refractivity contribution in [3.63, 3.8) is 0 Å². The summed E-state index contributed by atoms with van der Waals surface area (Å²) in [7, 11) is 0. The molecule has 2 aromatic rings. The molecule has 1 fully saturated rings. The van der Waals surface area contributed by atoms with E-state index in [1.54, 1.807) is 28.8 Å². The maximum absolute atomic E-state index is 11.7. The van der Waals surface area contributed by atoms with Crippen molar-refractivity contribution in [1.29, 1.82) is 0 Å². The van der Waals surface area contributed by atoms with Gasteiger partial charge in [-0.3, -0.25) is 24.2 Å². The fraction of sp³-hybridized carbons (Fsp3) is 0.167. The third kappa shape index (κ3) is 1.85. The number of hydrogen-bond donors (Lipinski definition) is 1. The number of carbonyl (C=O) groups excluding carboxylic acids is 3. The number of aldehydes is 1. The molecule has 0 spiro atoms. The summed E-state index contributed by atoms with van der Waals surface area (Å²) < 4.78 is 1.60. The lowest BCUT2D eigenvalue weighted by Gasteiger charge is -2.24. The summed E-state index contributed by atoms with van der Waals surface area (Å²) in [6, 6.07) is 4.62. The van der Waals surface area contributed by atoms with E-state index in [1.165, 1.54) is 4.90 Å². The quantitative estimate of drug-likeness (QED) is 0.799. The van der Waals surface area contributed by atoms with Gasteiger partial charge in [-0.15, -0.1) is 0 Å². The first-order valence-electron chi connectivity index (χ1n) is 5.73. The minimum absolute atomic E-state index is 0.236. The zero-order valence-corrected chi connectivity index (χ0v) is 9.87. The predicted molar refractivity (Wildman–Crippen MR) is 66.1 cm³/mol. The van der Waals surface area contributed by atoms with Gasteiger partial charge in [-0.25, -0.2) is 9.78 Å². The first kappa shape index (κ1) is 11.4. The molecule has 0 radical (unpaired) electrons. The van der Waals surface area contributed by atoms with Crippen LogP contribution >= 0.6 is 0 Å². The second kappa shape index (κ2) is 4.20. The van der Waals surface area contributed by atoms with Gasteiger partial charge >= 0.3 is 6.03 Å². The van der Waals surface area contributed by atoms with Crippen molar-refractivity contribution in [3.05, 3.63) is 30.1 Å². The second-order valence-corrected chi connectivity index (χ2v) is 4.15. The van der Waals surface area contributed by atoms with Crippen LogP contribution in [0.4, 0.5) is 10.6 Å². The lowest BCUT2D eigenvalue weighted by molar-refractivity contribution is -0.120. The molecule has 1 saturated heterocycles. The van der Waals surface area contributed by atoms with Crippen molar-refractivity contribution >= 4 is 29.7 Å². The molecule has 96 valence electrons. The Morgan fingerprint density at radius 3 is 2.89 bits per heavy atom. The number of amides is 3. The van der Waals surface area contributed by atoms with Crippen LogP contribution < -0.4 is 10.2 Å². The number of imidazole rings is 1. The Morgan fingerprint density at radius 2 is 2.16 bits per heavy atom. The molecular formula is C12H10N4O3. The summed E-state index contributed by atoms with van der Waals surface area (Å²) in [4.78, 5) is 39.4. The molecule has 3 rings (SSSR count). The predicted octanol–water partition coefficient (Wildman–Crippen LogP) is 0.593. The standard InChI is InChI=1S/C12H10N4O3/c17-7-8-2-1-3-9-13-10(6-16(8)9)15-5-4-11(18)14-12(15)19/h1-3,6-7H,4-5H2,(H,14,18,19).